The van der Waals surface area contributed by atoms with E-state index in [9.17, 15) is 14.7 Å². The zero-order valence-corrected chi connectivity index (χ0v) is 14.1. The molecule has 2 amide bonds. The third-order valence-corrected chi connectivity index (χ3v) is 4.44. The summed E-state index contributed by atoms with van der Waals surface area (Å²) < 4.78 is 6.16. The number of ether oxygens (including phenoxy) is 1. The number of amides is 2. The van der Waals surface area contributed by atoms with Crippen molar-refractivity contribution in [3.63, 3.8) is 0 Å². The van der Waals surface area contributed by atoms with Gasteiger partial charge in [0.15, 0.2) is 0 Å². The third-order valence-electron chi connectivity index (χ3n) is 3.95. The van der Waals surface area contributed by atoms with Crippen LogP contribution in [-0.2, 0) is 11.3 Å². The molecule has 1 heterocycles. The van der Waals surface area contributed by atoms with E-state index in [4.69, 9.17) is 4.74 Å². The van der Waals surface area contributed by atoms with Gasteiger partial charge < -0.3 is 20.1 Å². The highest BCUT2D eigenvalue weighted by Gasteiger charge is 2.42. The number of halogens is 1. The van der Waals surface area contributed by atoms with Crippen molar-refractivity contribution in [3.05, 3.63) is 28.2 Å². The fraction of sp³-hybridized carbons (Fsp3) is 0.467. The van der Waals surface area contributed by atoms with Crippen molar-refractivity contribution in [2.45, 2.75) is 19.9 Å². The smallest absolute Gasteiger partial charge is 0.317 e. The maximum absolute atomic E-state index is 12.2. The van der Waals surface area contributed by atoms with Crippen LogP contribution in [-0.4, -0.2) is 42.2 Å². The Bertz CT molecular complexity index is 593. The molecule has 6 nitrogen and oxygen atoms in total. The third kappa shape index (κ3) is 3.52. The zero-order chi connectivity index (χ0) is 16.3. The minimum atomic E-state index is -0.864. The second-order valence-electron chi connectivity index (χ2n) is 5.65. The number of nitrogens with one attached hydrogen (secondary N) is 1. The zero-order valence-electron chi connectivity index (χ0n) is 12.6. The largest absolute Gasteiger partial charge is 0.496 e. The molecule has 120 valence electrons. The van der Waals surface area contributed by atoms with Gasteiger partial charge in [0.25, 0.3) is 0 Å². The van der Waals surface area contributed by atoms with Crippen LogP contribution in [0.3, 0.4) is 0 Å². The lowest BCUT2D eigenvalue weighted by molar-refractivity contribution is -0.146. The van der Waals surface area contributed by atoms with E-state index in [1.807, 2.05) is 18.2 Å². The van der Waals surface area contributed by atoms with E-state index < -0.39 is 11.4 Å². The molecule has 2 rings (SSSR count). The number of rotatable bonds is 4. The minimum absolute atomic E-state index is 0.226. The van der Waals surface area contributed by atoms with Gasteiger partial charge in [0.1, 0.15) is 5.75 Å². The Balaban J connectivity index is 1.97. The Morgan fingerprint density at radius 3 is 2.82 bits per heavy atom. The van der Waals surface area contributed by atoms with Crippen molar-refractivity contribution in [2.75, 3.05) is 20.2 Å². The SMILES string of the molecule is COc1ccc(Br)cc1CNC(=O)N1CCC(C)(C(=O)O)C1. The number of carboxylic acids is 1. The van der Waals surface area contributed by atoms with Crippen molar-refractivity contribution < 1.29 is 19.4 Å². The van der Waals surface area contributed by atoms with Gasteiger partial charge in [-0.2, -0.15) is 0 Å². The lowest BCUT2D eigenvalue weighted by Gasteiger charge is -2.21. The molecular weight excluding hydrogens is 352 g/mol. The number of carbonyl (C=O) groups is 2. The Kier molecular flexibility index (Phi) is 4.95. The molecule has 0 aromatic heterocycles. The predicted molar refractivity (Wildman–Crippen MR) is 84.9 cm³/mol. The number of carbonyl (C=O) groups excluding carboxylic acids is 1. The molecule has 1 aliphatic rings. The number of hydrogen-bond acceptors (Lipinski definition) is 3. The van der Waals surface area contributed by atoms with E-state index in [-0.39, 0.29) is 12.6 Å². The molecule has 0 spiro atoms. The fourth-order valence-corrected chi connectivity index (χ4v) is 2.89. The molecule has 1 aromatic carbocycles. The van der Waals surface area contributed by atoms with Crippen LogP contribution in [0.5, 0.6) is 5.75 Å². The van der Waals surface area contributed by atoms with Crippen molar-refractivity contribution in [1.82, 2.24) is 10.2 Å². The molecule has 7 heteroatoms. The summed E-state index contributed by atoms with van der Waals surface area (Å²) in [6.45, 7) is 2.66. The Labute approximate surface area is 137 Å². The van der Waals surface area contributed by atoms with Crippen molar-refractivity contribution in [2.24, 2.45) is 5.41 Å². The minimum Gasteiger partial charge on any atom is -0.496 e. The molecule has 0 aliphatic carbocycles. The number of urea groups is 1. The number of aliphatic carboxylic acids is 1. The van der Waals surface area contributed by atoms with Gasteiger partial charge in [-0.05, 0) is 31.5 Å². The summed E-state index contributed by atoms with van der Waals surface area (Å²) in [7, 11) is 1.58. The standard InChI is InChI=1S/C15H19BrN2O4/c1-15(13(19)20)5-6-18(9-15)14(21)17-8-10-7-11(16)3-4-12(10)22-2/h3-4,7H,5-6,8-9H2,1-2H3,(H,17,21)(H,19,20). The first-order chi connectivity index (χ1) is 10.4. The highest BCUT2D eigenvalue weighted by atomic mass is 79.9. The van der Waals surface area contributed by atoms with Crippen LogP contribution in [0.25, 0.3) is 0 Å². The molecule has 1 saturated heterocycles. The number of likely N-dealkylation sites (tertiary alicyclic amines) is 1. The number of benzene rings is 1. The van der Waals surface area contributed by atoms with Crippen molar-refractivity contribution in [1.29, 1.82) is 0 Å². The molecular formula is C15H19BrN2O4. The van der Waals surface area contributed by atoms with Gasteiger partial charge in [-0.25, -0.2) is 4.79 Å². The van der Waals surface area contributed by atoms with Crippen molar-refractivity contribution in [3.8, 4) is 5.75 Å². The first kappa shape index (κ1) is 16.6. The van der Waals surface area contributed by atoms with Gasteiger partial charge in [0, 0.05) is 29.7 Å². The molecule has 1 atom stereocenters. The molecule has 2 N–H and O–H groups in total. The summed E-state index contributed by atoms with van der Waals surface area (Å²) in [5.74, 6) is -0.170. The average molecular weight is 371 g/mol. The number of nitrogens with zero attached hydrogens (tertiary/aromatic N) is 1. The second-order valence-corrected chi connectivity index (χ2v) is 6.57. The van der Waals surface area contributed by atoms with Crippen LogP contribution in [0.15, 0.2) is 22.7 Å². The first-order valence-electron chi connectivity index (χ1n) is 6.94. The Morgan fingerprint density at radius 2 is 2.23 bits per heavy atom. The molecule has 0 radical (unpaired) electrons. The van der Waals surface area contributed by atoms with Crippen LogP contribution >= 0.6 is 15.9 Å². The second kappa shape index (κ2) is 6.56. The van der Waals surface area contributed by atoms with Gasteiger partial charge >= 0.3 is 12.0 Å². The van der Waals surface area contributed by atoms with Crippen LogP contribution < -0.4 is 10.1 Å². The maximum atomic E-state index is 12.2. The van der Waals surface area contributed by atoms with E-state index >= 15 is 0 Å². The maximum Gasteiger partial charge on any atom is 0.317 e. The monoisotopic (exact) mass is 370 g/mol. The van der Waals surface area contributed by atoms with E-state index in [2.05, 4.69) is 21.2 Å². The lowest BCUT2D eigenvalue weighted by atomic mass is 9.90. The Hall–Kier alpha value is -1.76. The highest BCUT2D eigenvalue weighted by molar-refractivity contribution is 9.10. The van der Waals surface area contributed by atoms with E-state index in [0.29, 0.717) is 25.3 Å². The number of carboxylic acid groups (broad SMARTS) is 1. The Morgan fingerprint density at radius 1 is 1.50 bits per heavy atom. The van der Waals surface area contributed by atoms with Crippen LogP contribution in [0.4, 0.5) is 4.79 Å². The van der Waals surface area contributed by atoms with Gasteiger partial charge in [0.2, 0.25) is 0 Å². The molecule has 1 aromatic rings. The molecule has 1 aliphatic heterocycles. The summed E-state index contributed by atoms with van der Waals surface area (Å²) in [4.78, 5) is 24.9. The van der Waals surface area contributed by atoms with Crippen molar-refractivity contribution >= 4 is 27.9 Å². The predicted octanol–water partition coefficient (Wildman–Crippen LogP) is 2.46. The quantitative estimate of drug-likeness (QED) is 0.852. The van der Waals surface area contributed by atoms with E-state index in [0.717, 1.165) is 10.0 Å². The van der Waals surface area contributed by atoms with E-state index in [1.165, 1.54) is 0 Å². The summed E-state index contributed by atoms with van der Waals surface area (Å²) in [6.07, 6.45) is 0.468. The number of methoxy groups -OCH3 is 1. The summed E-state index contributed by atoms with van der Waals surface area (Å²) >= 11 is 3.39. The molecule has 1 unspecified atom stereocenters. The molecule has 1 fully saturated rings. The highest BCUT2D eigenvalue weighted by Crippen LogP contribution is 2.30. The van der Waals surface area contributed by atoms with Crippen LogP contribution in [0.1, 0.15) is 18.9 Å². The lowest BCUT2D eigenvalue weighted by Crippen LogP contribution is -2.40. The van der Waals surface area contributed by atoms with Crippen LogP contribution in [0.2, 0.25) is 0 Å². The summed E-state index contributed by atoms with van der Waals surface area (Å²) in [6, 6.07) is 5.31. The topological polar surface area (TPSA) is 78.9 Å². The molecule has 22 heavy (non-hydrogen) atoms. The van der Waals surface area contributed by atoms with Crippen LogP contribution in [0, 0.1) is 5.41 Å². The average Bonchev–Trinajstić information content (AvgIpc) is 2.89. The van der Waals surface area contributed by atoms with Gasteiger partial charge in [-0.1, -0.05) is 15.9 Å². The normalized spacial score (nSPS) is 20.8. The number of hydrogen-bond donors (Lipinski definition) is 2. The molecule has 0 bridgehead atoms. The molecule has 0 saturated carbocycles. The summed E-state index contributed by atoms with van der Waals surface area (Å²) in [5.41, 5.74) is -0.00411. The first-order valence-corrected chi connectivity index (χ1v) is 7.73. The van der Waals surface area contributed by atoms with Gasteiger partial charge in [-0.3, -0.25) is 4.79 Å². The summed E-state index contributed by atoms with van der Waals surface area (Å²) in [5, 5.41) is 12.0. The van der Waals surface area contributed by atoms with Gasteiger partial charge in [0.05, 0.1) is 12.5 Å². The van der Waals surface area contributed by atoms with Gasteiger partial charge in [-0.15, -0.1) is 0 Å². The van der Waals surface area contributed by atoms with E-state index in [1.54, 1.807) is 18.9 Å². The fourth-order valence-electron chi connectivity index (χ4n) is 2.48.